The summed E-state index contributed by atoms with van der Waals surface area (Å²) in [5.41, 5.74) is 7.32. The number of quaternary nitrogens is 1. The van der Waals surface area contributed by atoms with E-state index in [1.807, 2.05) is 0 Å². The minimum absolute atomic E-state index is 0.369. The number of aromatic nitrogens is 1. The van der Waals surface area contributed by atoms with Crippen molar-refractivity contribution < 1.29 is 10.0 Å². The van der Waals surface area contributed by atoms with Gasteiger partial charge in [-0.15, -0.1) is 0 Å². The number of nitrogens with one attached hydrogen (secondary N) is 1. The maximum absolute atomic E-state index is 11.2. The van der Waals surface area contributed by atoms with Crippen LogP contribution >= 0.6 is 0 Å². The van der Waals surface area contributed by atoms with Gasteiger partial charge in [-0.2, -0.15) is 0 Å². The topological polar surface area (TPSA) is 29.6 Å². The predicted molar refractivity (Wildman–Crippen MR) is 133 cm³/mol. The first kappa shape index (κ1) is 21.0. The summed E-state index contributed by atoms with van der Waals surface area (Å²) in [6.07, 6.45) is 3.52. The molecule has 0 bridgehead atoms. The van der Waals surface area contributed by atoms with E-state index in [-0.39, 0.29) is 6.10 Å². The van der Waals surface area contributed by atoms with Gasteiger partial charge in [-0.05, 0) is 49.4 Å². The molecular formula is C29H33N2O+. The normalized spacial score (nSPS) is 15.8. The summed E-state index contributed by atoms with van der Waals surface area (Å²) in [7, 11) is 0. The smallest absolute Gasteiger partial charge is 0.121 e. The highest BCUT2D eigenvalue weighted by Crippen LogP contribution is 2.41. The van der Waals surface area contributed by atoms with Gasteiger partial charge in [-0.3, -0.25) is 0 Å². The summed E-state index contributed by atoms with van der Waals surface area (Å²) in [4.78, 5) is 1.54. The number of hydrogen-bond acceptors (Lipinski definition) is 1. The fourth-order valence-corrected chi connectivity index (χ4v) is 5.32. The number of hydrogen-bond donors (Lipinski definition) is 2. The summed E-state index contributed by atoms with van der Waals surface area (Å²) < 4.78 is 2.36. The van der Waals surface area contributed by atoms with Crippen LogP contribution in [-0.2, 0) is 6.54 Å². The van der Waals surface area contributed by atoms with E-state index in [2.05, 4.69) is 90.4 Å². The van der Waals surface area contributed by atoms with Gasteiger partial charge in [0.15, 0.2) is 0 Å². The van der Waals surface area contributed by atoms with Crippen LogP contribution in [0.4, 0.5) is 0 Å². The maximum Gasteiger partial charge on any atom is 0.121 e. The van der Waals surface area contributed by atoms with Gasteiger partial charge in [0.2, 0.25) is 0 Å². The molecule has 1 saturated heterocycles. The molecule has 0 spiro atoms. The van der Waals surface area contributed by atoms with E-state index in [4.69, 9.17) is 0 Å². The van der Waals surface area contributed by atoms with Crippen LogP contribution in [0, 0.1) is 6.92 Å². The number of nitrogens with zero attached hydrogens (tertiary/aromatic N) is 1. The molecule has 3 nitrogen and oxygen atoms in total. The number of aliphatic hydroxyl groups excluding tert-OH is 1. The molecule has 1 aromatic heterocycles. The highest BCUT2D eigenvalue weighted by Gasteiger charge is 2.24. The van der Waals surface area contributed by atoms with Crippen molar-refractivity contribution in [2.45, 2.75) is 38.8 Å². The van der Waals surface area contributed by atoms with Gasteiger partial charge in [-0.25, -0.2) is 0 Å². The van der Waals surface area contributed by atoms with Gasteiger partial charge in [0.25, 0.3) is 0 Å². The first-order chi connectivity index (χ1) is 15.7. The van der Waals surface area contributed by atoms with Crippen LogP contribution < -0.4 is 4.90 Å². The Balaban J connectivity index is 1.66. The van der Waals surface area contributed by atoms with Crippen molar-refractivity contribution >= 4 is 10.9 Å². The summed E-state index contributed by atoms with van der Waals surface area (Å²) in [6.45, 7) is 5.95. The monoisotopic (exact) mass is 425 g/mol. The largest absolute Gasteiger partial charge is 0.385 e. The Bertz CT molecular complexity index is 1170. The number of aryl methyl sites for hydroxylation is 1. The zero-order valence-electron chi connectivity index (χ0n) is 18.9. The molecule has 1 aliphatic heterocycles. The lowest BCUT2D eigenvalue weighted by molar-refractivity contribution is -0.908. The Morgan fingerprint density at radius 2 is 1.50 bits per heavy atom. The Kier molecular flexibility index (Phi) is 6.11. The molecule has 0 amide bonds. The second kappa shape index (κ2) is 9.32. The van der Waals surface area contributed by atoms with Crippen molar-refractivity contribution in [2.24, 2.45) is 0 Å². The Morgan fingerprint density at radius 3 is 2.19 bits per heavy atom. The minimum Gasteiger partial charge on any atom is -0.385 e. The van der Waals surface area contributed by atoms with Crippen molar-refractivity contribution in [3.63, 3.8) is 0 Å². The molecule has 1 unspecified atom stereocenters. The fraction of sp³-hybridized carbons (Fsp3) is 0.310. The molecule has 2 heterocycles. The summed E-state index contributed by atoms with van der Waals surface area (Å²) in [6, 6.07) is 28.0. The van der Waals surface area contributed by atoms with Gasteiger partial charge in [0, 0.05) is 16.5 Å². The zero-order chi connectivity index (χ0) is 21.9. The molecule has 0 saturated carbocycles. The molecule has 3 heteroatoms. The van der Waals surface area contributed by atoms with Crippen LogP contribution in [0.1, 0.15) is 24.8 Å². The van der Waals surface area contributed by atoms with Crippen LogP contribution in [0.5, 0.6) is 0 Å². The third kappa shape index (κ3) is 4.23. The quantitative estimate of drug-likeness (QED) is 0.460. The second-order valence-electron chi connectivity index (χ2n) is 9.26. The molecule has 0 radical (unpaired) electrons. The molecule has 3 aromatic carbocycles. The first-order valence-electron chi connectivity index (χ1n) is 12.0. The van der Waals surface area contributed by atoms with Crippen LogP contribution in [0.15, 0.2) is 78.9 Å². The molecule has 5 rings (SSSR count). The van der Waals surface area contributed by atoms with Gasteiger partial charge < -0.3 is 14.6 Å². The van der Waals surface area contributed by atoms with E-state index in [1.54, 1.807) is 4.90 Å². The SMILES string of the molecule is Cc1ccc2c(c1)c(-c1ccccc1)c(-c1ccccc1)n2CC(O)C[NH+]1CCCCC1. The number of rotatable bonds is 6. The van der Waals surface area contributed by atoms with E-state index in [9.17, 15) is 5.11 Å². The van der Waals surface area contributed by atoms with Gasteiger partial charge in [0.05, 0.1) is 25.3 Å². The molecular weight excluding hydrogens is 392 g/mol. The number of likely N-dealkylation sites (tertiary alicyclic amines) is 1. The molecule has 2 N–H and O–H groups in total. The maximum atomic E-state index is 11.2. The highest BCUT2D eigenvalue weighted by molar-refractivity contribution is 6.04. The number of aliphatic hydroxyl groups is 1. The first-order valence-corrected chi connectivity index (χ1v) is 12.0. The number of benzene rings is 3. The van der Waals surface area contributed by atoms with Crippen molar-refractivity contribution in [1.82, 2.24) is 4.57 Å². The van der Waals surface area contributed by atoms with Crippen molar-refractivity contribution in [2.75, 3.05) is 19.6 Å². The summed E-state index contributed by atoms with van der Waals surface area (Å²) >= 11 is 0. The minimum atomic E-state index is -0.369. The zero-order valence-corrected chi connectivity index (χ0v) is 18.9. The molecule has 32 heavy (non-hydrogen) atoms. The predicted octanol–water partition coefficient (Wildman–Crippen LogP) is 4.71. The third-order valence-electron chi connectivity index (χ3n) is 6.81. The Morgan fingerprint density at radius 1 is 0.844 bits per heavy atom. The van der Waals surface area contributed by atoms with E-state index < -0.39 is 0 Å². The van der Waals surface area contributed by atoms with E-state index in [1.165, 1.54) is 71.2 Å². The molecule has 4 aromatic rings. The number of piperidine rings is 1. The molecule has 1 atom stereocenters. The Labute approximate surface area is 190 Å². The van der Waals surface area contributed by atoms with Crippen LogP contribution in [0.2, 0.25) is 0 Å². The van der Waals surface area contributed by atoms with E-state index in [0.29, 0.717) is 6.54 Å². The molecule has 164 valence electrons. The molecule has 1 fully saturated rings. The van der Waals surface area contributed by atoms with Crippen molar-refractivity contribution in [1.29, 1.82) is 0 Å². The lowest BCUT2D eigenvalue weighted by Crippen LogP contribution is -3.13. The molecule has 0 aliphatic carbocycles. The van der Waals surface area contributed by atoms with Gasteiger partial charge >= 0.3 is 0 Å². The average molecular weight is 426 g/mol. The Hall–Kier alpha value is -2.88. The fourth-order valence-electron chi connectivity index (χ4n) is 5.32. The second-order valence-corrected chi connectivity index (χ2v) is 9.26. The highest BCUT2D eigenvalue weighted by atomic mass is 16.3. The average Bonchev–Trinajstić information content (AvgIpc) is 3.13. The van der Waals surface area contributed by atoms with Gasteiger partial charge in [0.1, 0.15) is 12.6 Å². The summed E-state index contributed by atoms with van der Waals surface area (Å²) in [5.74, 6) is 0. The lowest BCUT2D eigenvalue weighted by Gasteiger charge is -2.26. The van der Waals surface area contributed by atoms with E-state index in [0.717, 1.165) is 6.54 Å². The third-order valence-corrected chi connectivity index (χ3v) is 6.81. The van der Waals surface area contributed by atoms with Gasteiger partial charge in [-0.1, -0.05) is 72.3 Å². The van der Waals surface area contributed by atoms with Crippen molar-refractivity contribution in [3.05, 3.63) is 84.4 Å². The standard InChI is InChI=1S/C29H32N2O/c1-22-15-16-27-26(19-22)28(23-11-5-2-6-12-23)29(24-13-7-3-8-14-24)31(27)21-25(32)20-30-17-9-4-10-18-30/h2-3,5-8,11-16,19,25,32H,4,9-10,17-18,20-21H2,1H3/p+1. The molecule has 1 aliphatic rings. The van der Waals surface area contributed by atoms with E-state index >= 15 is 0 Å². The summed E-state index contributed by atoms with van der Waals surface area (Å²) in [5, 5.41) is 12.4. The van der Waals surface area contributed by atoms with Crippen LogP contribution in [0.25, 0.3) is 33.3 Å². The lowest BCUT2D eigenvalue weighted by atomic mass is 9.97. The number of fused-ring (bicyclic) bond motifs is 1. The van der Waals surface area contributed by atoms with Crippen molar-refractivity contribution in [3.8, 4) is 22.4 Å². The van der Waals surface area contributed by atoms with Crippen LogP contribution in [-0.4, -0.2) is 35.4 Å². The van der Waals surface area contributed by atoms with Crippen LogP contribution in [0.3, 0.4) is 0 Å².